The first-order valence-electron chi connectivity index (χ1n) is 12.6. The number of benzene rings is 1. The van der Waals surface area contributed by atoms with E-state index < -0.39 is 0 Å². The fraction of sp³-hybridized carbons (Fsp3) is 0.207. The zero-order valence-electron chi connectivity index (χ0n) is 21.0. The Morgan fingerprint density at radius 2 is 1.76 bits per heavy atom. The number of esters is 1. The van der Waals surface area contributed by atoms with Crippen molar-refractivity contribution in [2.75, 3.05) is 30.8 Å². The molecule has 0 aliphatic carbocycles. The van der Waals surface area contributed by atoms with Gasteiger partial charge in [-0.1, -0.05) is 30.3 Å². The fourth-order valence-electron chi connectivity index (χ4n) is 4.97. The van der Waals surface area contributed by atoms with Crippen LogP contribution in [0.4, 0.5) is 11.6 Å². The number of aromatic nitrogens is 5. The second kappa shape index (κ2) is 9.93. The van der Waals surface area contributed by atoms with E-state index in [2.05, 4.69) is 9.88 Å². The molecule has 1 saturated heterocycles. The molecule has 6 rings (SSSR count). The second-order valence-corrected chi connectivity index (χ2v) is 9.27. The molecular weight excluding hydrogens is 478 g/mol. The molecule has 1 aliphatic heterocycles. The Balaban J connectivity index is 1.41. The van der Waals surface area contributed by atoms with Crippen LogP contribution in [0.25, 0.3) is 39.5 Å². The predicted octanol–water partition coefficient (Wildman–Crippen LogP) is 4.52. The van der Waals surface area contributed by atoms with Crippen molar-refractivity contribution in [1.29, 1.82) is 0 Å². The number of piperidine rings is 1. The number of carbonyl (C=O) groups excluding carboxylic acids is 1. The van der Waals surface area contributed by atoms with E-state index >= 15 is 0 Å². The maximum absolute atomic E-state index is 11.9. The van der Waals surface area contributed by atoms with Crippen LogP contribution in [0.2, 0.25) is 0 Å². The van der Waals surface area contributed by atoms with Crippen LogP contribution in [0.1, 0.15) is 12.8 Å². The normalized spacial score (nSPS) is 14.1. The van der Waals surface area contributed by atoms with Crippen LogP contribution in [0, 0.1) is 5.92 Å². The average molecular weight is 506 g/mol. The van der Waals surface area contributed by atoms with Crippen LogP contribution in [0.5, 0.6) is 0 Å². The largest absolute Gasteiger partial charge is 0.469 e. The number of nitrogen functional groups attached to an aromatic ring is 1. The molecule has 0 radical (unpaired) electrons. The molecule has 38 heavy (non-hydrogen) atoms. The summed E-state index contributed by atoms with van der Waals surface area (Å²) in [5.41, 5.74) is 11.1. The van der Waals surface area contributed by atoms with Gasteiger partial charge in [-0.25, -0.2) is 19.9 Å². The van der Waals surface area contributed by atoms with Gasteiger partial charge >= 0.3 is 5.97 Å². The van der Waals surface area contributed by atoms with E-state index in [0.29, 0.717) is 17.3 Å². The van der Waals surface area contributed by atoms with Crippen molar-refractivity contribution < 1.29 is 9.53 Å². The van der Waals surface area contributed by atoms with Crippen molar-refractivity contribution in [2.45, 2.75) is 12.8 Å². The summed E-state index contributed by atoms with van der Waals surface area (Å²) >= 11 is 0. The van der Waals surface area contributed by atoms with Gasteiger partial charge in [0.1, 0.15) is 17.2 Å². The number of carbonyl (C=O) groups is 1. The fourth-order valence-corrected chi connectivity index (χ4v) is 4.97. The number of fused-ring (bicyclic) bond motifs is 1. The van der Waals surface area contributed by atoms with Crippen LogP contribution < -0.4 is 10.6 Å². The Kier molecular flexibility index (Phi) is 6.17. The molecule has 1 fully saturated rings. The molecule has 0 saturated carbocycles. The van der Waals surface area contributed by atoms with Gasteiger partial charge < -0.3 is 15.4 Å². The Morgan fingerprint density at radius 3 is 2.47 bits per heavy atom. The summed E-state index contributed by atoms with van der Waals surface area (Å²) in [6, 6.07) is 21.8. The Hall–Kier alpha value is -4.79. The summed E-state index contributed by atoms with van der Waals surface area (Å²) in [6.45, 7) is 1.50. The summed E-state index contributed by atoms with van der Waals surface area (Å²) < 4.78 is 6.90. The van der Waals surface area contributed by atoms with Gasteiger partial charge in [0.15, 0.2) is 11.5 Å². The summed E-state index contributed by atoms with van der Waals surface area (Å²) in [5.74, 6) is 1.72. The van der Waals surface area contributed by atoms with E-state index in [0.717, 1.165) is 59.8 Å². The number of ether oxygens (including phenoxy) is 1. The van der Waals surface area contributed by atoms with Crippen LogP contribution in [-0.2, 0) is 9.53 Å². The number of anilines is 2. The number of hydrogen-bond acceptors (Lipinski definition) is 8. The number of pyridine rings is 3. The Morgan fingerprint density at radius 1 is 0.947 bits per heavy atom. The van der Waals surface area contributed by atoms with E-state index in [1.54, 1.807) is 6.20 Å². The minimum Gasteiger partial charge on any atom is -0.469 e. The average Bonchev–Trinajstić information content (AvgIpc) is 3.36. The third kappa shape index (κ3) is 4.32. The molecule has 0 amide bonds. The highest BCUT2D eigenvalue weighted by Crippen LogP contribution is 2.32. The van der Waals surface area contributed by atoms with E-state index in [-0.39, 0.29) is 11.9 Å². The quantitative estimate of drug-likeness (QED) is 0.347. The van der Waals surface area contributed by atoms with Gasteiger partial charge in [-0.15, -0.1) is 0 Å². The highest BCUT2D eigenvalue weighted by atomic mass is 16.5. The van der Waals surface area contributed by atoms with Crippen molar-refractivity contribution in [3.05, 3.63) is 79.1 Å². The van der Waals surface area contributed by atoms with Gasteiger partial charge in [-0.2, -0.15) is 0 Å². The molecule has 0 bridgehead atoms. The van der Waals surface area contributed by atoms with Gasteiger partial charge in [0, 0.05) is 24.8 Å². The van der Waals surface area contributed by atoms with Crippen molar-refractivity contribution >= 4 is 28.8 Å². The lowest BCUT2D eigenvalue weighted by molar-refractivity contribution is -0.146. The first-order chi connectivity index (χ1) is 18.6. The number of nitrogens with two attached hydrogens (primary N) is 1. The minimum absolute atomic E-state index is 0.0507. The van der Waals surface area contributed by atoms with Gasteiger partial charge in [-0.3, -0.25) is 9.36 Å². The Labute approximate surface area is 220 Å². The monoisotopic (exact) mass is 505 g/mol. The molecule has 1 aliphatic rings. The molecule has 5 heterocycles. The molecule has 9 heteroatoms. The van der Waals surface area contributed by atoms with Gasteiger partial charge in [-0.05, 0) is 49.2 Å². The lowest BCUT2D eigenvalue weighted by Crippen LogP contribution is -2.37. The van der Waals surface area contributed by atoms with Crippen LogP contribution in [0.3, 0.4) is 0 Å². The van der Waals surface area contributed by atoms with Crippen LogP contribution >= 0.6 is 0 Å². The zero-order valence-corrected chi connectivity index (χ0v) is 21.0. The standard InChI is InChI=1S/C29H27N7O2/c1-38-29(37)20-13-16-35(17-14-20)25-12-9-21(18-32-25)36-27(22-8-5-15-31-26(22)30)34-24-11-10-23(33-28(24)36)19-6-3-2-4-7-19/h2-12,15,18,20H,13-14,16-17H2,1H3,(H2,30,31). The highest BCUT2D eigenvalue weighted by Gasteiger charge is 2.26. The molecular formula is C29H27N7O2. The van der Waals surface area contributed by atoms with Crippen LogP contribution in [-0.4, -0.2) is 50.7 Å². The number of nitrogens with zero attached hydrogens (tertiary/aromatic N) is 6. The van der Waals surface area contributed by atoms with E-state index in [4.69, 9.17) is 25.4 Å². The molecule has 1 aromatic carbocycles. The first kappa shape index (κ1) is 23.6. The number of imidazole rings is 1. The van der Waals surface area contributed by atoms with Gasteiger partial charge in [0.05, 0.1) is 36.2 Å². The van der Waals surface area contributed by atoms with Crippen molar-refractivity contribution in [1.82, 2.24) is 24.5 Å². The summed E-state index contributed by atoms with van der Waals surface area (Å²) in [5, 5.41) is 0. The first-order valence-corrected chi connectivity index (χ1v) is 12.6. The lowest BCUT2D eigenvalue weighted by atomic mass is 9.97. The van der Waals surface area contributed by atoms with Crippen LogP contribution in [0.15, 0.2) is 79.1 Å². The molecule has 9 nitrogen and oxygen atoms in total. The summed E-state index contributed by atoms with van der Waals surface area (Å²) in [4.78, 5) is 33.0. The van der Waals surface area contributed by atoms with E-state index in [1.807, 2.05) is 77.5 Å². The number of rotatable bonds is 5. The van der Waals surface area contributed by atoms with Crippen molar-refractivity contribution in [2.24, 2.45) is 5.92 Å². The summed E-state index contributed by atoms with van der Waals surface area (Å²) in [7, 11) is 1.44. The smallest absolute Gasteiger partial charge is 0.308 e. The molecule has 2 N–H and O–H groups in total. The maximum Gasteiger partial charge on any atom is 0.308 e. The Bertz CT molecular complexity index is 1590. The molecule has 0 atom stereocenters. The second-order valence-electron chi connectivity index (χ2n) is 9.27. The topological polar surface area (TPSA) is 112 Å². The van der Waals surface area contributed by atoms with Crippen molar-refractivity contribution in [3.63, 3.8) is 0 Å². The molecule has 0 unspecified atom stereocenters. The third-order valence-corrected chi connectivity index (χ3v) is 7.00. The molecule has 4 aromatic heterocycles. The zero-order chi connectivity index (χ0) is 26.1. The minimum atomic E-state index is -0.135. The van der Waals surface area contributed by atoms with Gasteiger partial charge in [0.25, 0.3) is 0 Å². The maximum atomic E-state index is 11.9. The molecule has 0 spiro atoms. The third-order valence-electron chi connectivity index (χ3n) is 7.00. The van der Waals surface area contributed by atoms with E-state index in [1.165, 1.54) is 7.11 Å². The number of hydrogen-bond donors (Lipinski definition) is 1. The van der Waals surface area contributed by atoms with E-state index in [9.17, 15) is 4.79 Å². The molecule has 190 valence electrons. The summed E-state index contributed by atoms with van der Waals surface area (Å²) in [6.07, 6.45) is 4.99. The SMILES string of the molecule is COC(=O)C1CCN(c2ccc(-n3c(-c4cccnc4N)nc4ccc(-c5ccccc5)nc43)cn2)CC1. The van der Waals surface area contributed by atoms with Gasteiger partial charge in [0.2, 0.25) is 0 Å². The lowest BCUT2D eigenvalue weighted by Gasteiger charge is -2.31. The highest BCUT2D eigenvalue weighted by molar-refractivity contribution is 5.84. The predicted molar refractivity (Wildman–Crippen MR) is 147 cm³/mol. The van der Waals surface area contributed by atoms with Crippen molar-refractivity contribution in [3.8, 4) is 28.3 Å². The number of methoxy groups -OCH3 is 1. The molecule has 5 aromatic rings.